The summed E-state index contributed by atoms with van der Waals surface area (Å²) in [5.41, 5.74) is 6.29. The number of amides is 1. The highest BCUT2D eigenvalue weighted by Gasteiger charge is 2.30. The third kappa shape index (κ3) is 3.45. The number of hydrogen-bond acceptors (Lipinski definition) is 4. The monoisotopic (exact) mass is 264 g/mol. The van der Waals surface area contributed by atoms with Gasteiger partial charge in [0.2, 0.25) is 5.91 Å². The molecule has 2 rings (SSSR count). The van der Waals surface area contributed by atoms with Crippen LogP contribution in [0.15, 0.2) is 24.3 Å². The first-order chi connectivity index (χ1) is 9.10. The second kappa shape index (κ2) is 6.04. The highest BCUT2D eigenvalue weighted by molar-refractivity contribution is 5.78. The molecular weight excluding hydrogens is 244 g/mol. The summed E-state index contributed by atoms with van der Waals surface area (Å²) in [4.78, 5) is 10.7. The molecule has 0 aliphatic heterocycles. The van der Waals surface area contributed by atoms with Crippen LogP contribution in [0.5, 0.6) is 5.75 Å². The van der Waals surface area contributed by atoms with Crippen LogP contribution in [0.25, 0.3) is 0 Å². The van der Waals surface area contributed by atoms with Gasteiger partial charge in [-0.15, -0.1) is 0 Å². The highest BCUT2D eigenvalue weighted by atomic mass is 16.5. The van der Waals surface area contributed by atoms with Gasteiger partial charge in [-0.3, -0.25) is 4.79 Å². The van der Waals surface area contributed by atoms with Gasteiger partial charge in [0.1, 0.15) is 11.9 Å². The molecule has 1 aliphatic carbocycles. The molecule has 0 radical (unpaired) electrons. The Morgan fingerprint density at radius 2 is 2.11 bits per heavy atom. The average molecular weight is 264 g/mol. The Morgan fingerprint density at radius 3 is 2.63 bits per heavy atom. The van der Waals surface area contributed by atoms with E-state index in [0.29, 0.717) is 12.0 Å². The van der Waals surface area contributed by atoms with E-state index in [4.69, 9.17) is 10.5 Å². The molecule has 4 N–H and O–H groups in total. The predicted octanol–water partition coefficient (Wildman–Crippen LogP) is 0.377. The van der Waals surface area contributed by atoms with Crippen molar-refractivity contribution in [1.29, 1.82) is 0 Å². The fraction of sp³-hybridized carbons (Fsp3) is 0.500. The van der Waals surface area contributed by atoms with E-state index in [-0.39, 0.29) is 6.54 Å². The normalized spacial score (nSPS) is 23.5. The first-order valence-electron chi connectivity index (χ1n) is 6.45. The van der Waals surface area contributed by atoms with Crippen LogP contribution in [-0.4, -0.2) is 36.8 Å². The van der Waals surface area contributed by atoms with E-state index in [1.54, 1.807) is 7.11 Å². The Bertz CT molecular complexity index is 427. The molecule has 5 heteroatoms. The van der Waals surface area contributed by atoms with Gasteiger partial charge in [-0.1, -0.05) is 12.1 Å². The zero-order chi connectivity index (χ0) is 13.8. The molecule has 0 saturated heterocycles. The molecule has 1 fully saturated rings. The minimum absolute atomic E-state index is 0.231. The lowest BCUT2D eigenvalue weighted by molar-refractivity contribution is -0.125. The van der Waals surface area contributed by atoms with Crippen molar-refractivity contribution in [2.75, 3.05) is 13.7 Å². The quantitative estimate of drug-likeness (QED) is 0.693. The molecule has 1 unspecified atom stereocenters. The van der Waals surface area contributed by atoms with Crippen molar-refractivity contribution >= 4 is 5.91 Å². The molecule has 0 bridgehead atoms. The van der Waals surface area contributed by atoms with Crippen LogP contribution in [0.2, 0.25) is 0 Å². The summed E-state index contributed by atoms with van der Waals surface area (Å²) in [5.74, 6) is 0.718. The van der Waals surface area contributed by atoms with Gasteiger partial charge >= 0.3 is 0 Å². The fourth-order valence-corrected chi connectivity index (χ4v) is 2.31. The van der Waals surface area contributed by atoms with Crippen molar-refractivity contribution < 1.29 is 14.6 Å². The lowest BCUT2D eigenvalue weighted by Crippen LogP contribution is -2.46. The summed E-state index contributed by atoms with van der Waals surface area (Å²) in [7, 11) is 1.66. The van der Waals surface area contributed by atoms with Gasteiger partial charge in [0.15, 0.2) is 0 Å². The number of rotatable bonds is 6. The number of ether oxygens (including phenoxy) is 1. The Balaban J connectivity index is 1.74. The number of carbonyl (C=O) groups excluding carboxylic acids is 1. The van der Waals surface area contributed by atoms with E-state index in [0.717, 1.165) is 18.6 Å². The summed E-state index contributed by atoms with van der Waals surface area (Å²) in [6.45, 7) is 0.231. The summed E-state index contributed by atoms with van der Waals surface area (Å²) in [5, 5.41) is 12.4. The number of aliphatic hydroxyl groups excluding tert-OH is 1. The van der Waals surface area contributed by atoms with Gasteiger partial charge in [0, 0.05) is 12.6 Å². The van der Waals surface area contributed by atoms with Crippen molar-refractivity contribution in [2.45, 2.75) is 30.9 Å². The molecule has 104 valence electrons. The van der Waals surface area contributed by atoms with E-state index < -0.39 is 12.0 Å². The molecule has 1 saturated carbocycles. The zero-order valence-corrected chi connectivity index (χ0v) is 11.0. The van der Waals surface area contributed by atoms with Crippen molar-refractivity contribution in [3.05, 3.63) is 29.8 Å². The van der Waals surface area contributed by atoms with Crippen LogP contribution in [0.4, 0.5) is 0 Å². The third-order valence-corrected chi connectivity index (χ3v) is 3.65. The number of carbonyl (C=O) groups is 1. The third-order valence-electron chi connectivity index (χ3n) is 3.65. The van der Waals surface area contributed by atoms with E-state index in [1.807, 2.05) is 12.1 Å². The summed E-state index contributed by atoms with van der Waals surface area (Å²) >= 11 is 0. The van der Waals surface area contributed by atoms with Crippen LogP contribution in [0.1, 0.15) is 24.3 Å². The maximum atomic E-state index is 10.7. The average Bonchev–Trinajstić information content (AvgIpc) is 2.37. The van der Waals surface area contributed by atoms with Crippen molar-refractivity contribution in [3.63, 3.8) is 0 Å². The number of benzene rings is 1. The molecule has 1 amide bonds. The van der Waals surface area contributed by atoms with Gasteiger partial charge in [-0.2, -0.15) is 0 Å². The number of nitrogens with one attached hydrogen (secondary N) is 1. The minimum Gasteiger partial charge on any atom is -0.497 e. The highest BCUT2D eigenvalue weighted by Crippen LogP contribution is 2.37. The number of primary amides is 1. The summed E-state index contributed by atoms with van der Waals surface area (Å²) in [6.07, 6.45) is 0.926. The first-order valence-corrected chi connectivity index (χ1v) is 6.45. The standard InChI is InChI=1S/C14H20N2O3/c1-19-12-4-2-9(3-5-12)10-6-11(7-10)16-8-13(17)14(15)18/h2-5,10-11,13,16-17H,6-8H2,1H3,(H2,15,18). The van der Waals surface area contributed by atoms with Crippen molar-refractivity contribution in [2.24, 2.45) is 5.73 Å². The fourth-order valence-electron chi connectivity index (χ4n) is 2.31. The van der Waals surface area contributed by atoms with E-state index >= 15 is 0 Å². The molecule has 1 aromatic rings. The largest absolute Gasteiger partial charge is 0.497 e. The van der Waals surface area contributed by atoms with Crippen LogP contribution in [0.3, 0.4) is 0 Å². The van der Waals surface area contributed by atoms with Crippen LogP contribution < -0.4 is 15.8 Å². The Hall–Kier alpha value is -1.59. The van der Waals surface area contributed by atoms with E-state index in [2.05, 4.69) is 17.4 Å². The van der Waals surface area contributed by atoms with Gasteiger partial charge in [0.05, 0.1) is 7.11 Å². The molecule has 19 heavy (non-hydrogen) atoms. The van der Waals surface area contributed by atoms with E-state index in [1.165, 1.54) is 5.56 Å². The van der Waals surface area contributed by atoms with Gasteiger partial charge in [-0.05, 0) is 36.5 Å². The maximum absolute atomic E-state index is 10.7. The molecule has 1 aliphatic rings. The Kier molecular flexibility index (Phi) is 4.39. The van der Waals surface area contributed by atoms with Gasteiger partial charge in [0.25, 0.3) is 0 Å². The van der Waals surface area contributed by atoms with E-state index in [9.17, 15) is 9.90 Å². The SMILES string of the molecule is COc1ccc(C2CC(NCC(O)C(N)=O)C2)cc1. The summed E-state index contributed by atoms with van der Waals surface area (Å²) < 4.78 is 5.13. The lowest BCUT2D eigenvalue weighted by atomic mass is 9.76. The molecule has 0 heterocycles. The zero-order valence-electron chi connectivity index (χ0n) is 11.0. The molecule has 0 spiro atoms. The maximum Gasteiger partial charge on any atom is 0.247 e. The molecule has 5 nitrogen and oxygen atoms in total. The second-order valence-corrected chi connectivity index (χ2v) is 4.96. The smallest absolute Gasteiger partial charge is 0.247 e. The number of aliphatic hydroxyl groups is 1. The first kappa shape index (κ1) is 13.8. The van der Waals surface area contributed by atoms with Crippen LogP contribution in [-0.2, 0) is 4.79 Å². The van der Waals surface area contributed by atoms with Crippen LogP contribution >= 0.6 is 0 Å². The Morgan fingerprint density at radius 1 is 1.47 bits per heavy atom. The van der Waals surface area contributed by atoms with Crippen LogP contribution in [0, 0.1) is 0 Å². The van der Waals surface area contributed by atoms with Crippen molar-refractivity contribution in [1.82, 2.24) is 5.32 Å². The molecule has 1 atom stereocenters. The lowest BCUT2D eigenvalue weighted by Gasteiger charge is -2.36. The Labute approximate surface area is 112 Å². The molecular formula is C14H20N2O3. The van der Waals surface area contributed by atoms with Crippen molar-refractivity contribution in [3.8, 4) is 5.75 Å². The number of nitrogens with two attached hydrogens (primary N) is 1. The van der Waals surface area contributed by atoms with Gasteiger partial charge in [-0.25, -0.2) is 0 Å². The number of methoxy groups -OCH3 is 1. The molecule has 0 aromatic heterocycles. The molecule has 1 aromatic carbocycles. The predicted molar refractivity (Wildman–Crippen MR) is 72.0 cm³/mol. The van der Waals surface area contributed by atoms with Gasteiger partial charge < -0.3 is 20.9 Å². The summed E-state index contributed by atoms with van der Waals surface area (Å²) in [6, 6.07) is 8.44. The minimum atomic E-state index is -1.10. The second-order valence-electron chi connectivity index (χ2n) is 4.96. The topological polar surface area (TPSA) is 84.6 Å². The number of hydrogen-bond donors (Lipinski definition) is 3.